The zero-order chi connectivity index (χ0) is 27.6. The maximum Gasteiger partial charge on any atom is 0.475 e. The molecule has 0 aliphatic heterocycles. The van der Waals surface area contributed by atoms with Crippen molar-refractivity contribution >= 4 is 42.7 Å². The molecule has 11 nitrogen and oxygen atoms in total. The van der Waals surface area contributed by atoms with Crippen molar-refractivity contribution in [3.63, 3.8) is 0 Å². The second-order valence-corrected chi connectivity index (χ2v) is 12.3. The van der Waals surface area contributed by atoms with Crippen LogP contribution in [0.15, 0.2) is 58.3 Å². The zero-order valence-electron chi connectivity index (χ0n) is 21.7. The fourth-order valence-corrected chi connectivity index (χ4v) is 4.69. The average Bonchev–Trinajstić information content (AvgIpc) is 3.08. The van der Waals surface area contributed by atoms with E-state index in [0.717, 1.165) is 9.79 Å². The zero-order valence-corrected chi connectivity index (χ0v) is 23.4. The molecule has 3 rings (SSSR count). The molecule has 1 aromatic heterocycles. The summed E-state index contributed by atoms with van der Waals surface area (Å²) in [7, 11) is -4.08. The van der Waals surface area contributed by atoms with Crippen LogP contribution in [0.4, 0.5) is 10.7 Å². The Morgan fingerprint density at radius 2 is 1.57 bits per heavy atom. The number of anilines is 1. The van der Waals surface area contributed by atoms with Crippen LogP contribution in [0, 0.1) is 0 Å². The van der Waals surface area contributed by atoms with Crippen molar-refractivity contribution in [1.29, 1.82) is 0 Å². The van der Waals surface area contributed by atoms with E-state index >= 15 is 0 Å². The molecule has 202 valence electrons. The van der Waals surface area contributed by atoms with Gasteiger partial charge in [0.1, 0.15) is 0 Å². The largest absolute Gasteiger partial charge is 0.475 e. The number of methoxy groups -OCH3 is 1. The van der Waals surface area contributed by atoms with Crippen LogP contribution in [0.5, 0.6) is 0 Å². The minimum absolute atomic E-state index is 0.175. The number of amides is 1. The Kier molecular flexibility index (Phi) is 8.45. The number of hydrogen-bond acceptors (Lipinski definition) is 8. The highest BCUT2D eigenvalue weighted by molar-refractivity contribution is 7.99. The van der Waals surface area contributed by atoms with Gasteiger partial charge in [0.2, 0.25) is 5.95 Å². The first-order chi connectivity index (χ1) is 17.0. The van der Waals surface area contributed by atoms with Crippen LogP contribution in [0.25, 0.3) is 11.0 Å². The van der Waals surface area contributed by atoms with Crippen LogP contribution >= 0.6 is 19.6 Å². The maximum absolute atomic E-state index is 12.3. The van der Waals surface area contributed by atoms with E-state index in [1.165, 1.54) is 23.4 Å². The van der Waals surface area contributed by atoms with Crippen LogP contribution in [-0.4, -0.2) is 43.7 Å². The van der Waals surface area contributed by atoms with E-state index in [1.807, 2.05) is 36.4 Å². The number of imidazole rings is 1. The summed E-state index contributed by atoms with van der Waals surface area (Å²) in [6.07, 6.45) is -3.43. The summed E-state index contributed by atoms with van der Waals surface area (Å²) in [5.74, 6) is -0.175. The minimum Gasteiger partial charge on any atom is -0.453 e. The van der Waals surface area contributed by atoms with Gasteiger partial charge in [-0.15, -0.1) is 0 Å². The normalized spacial score (nSPS) is 13.1. The summed E-state index contributed by atoms with van der Waals surface area (Å²) in [6, 6.07) is 14.9. The van der Waals surface area contributed by atoms with Gasteiger partial charge in [-0.3, -0.25) is 5.32 Å². The number of nitrogens with one attached hydrogen (secondary N) is 1. The molecule has 0 saturated carbocycles. The number of fused-ring (bicyclic) bond motifs is 1. The van der Waals surface area contributed by atoms with E-state index in [-0.39, 0.29) is 5.95 Å². The molecule has 0 radical (unpaired) electrons. The van der Waals surface area contributed by atoms with Crippen molar-refractivity contribution in [2.24, 2.45) is 0 Å². The molecule has 1 heterocycles. The lowest BCUT2D eigenvalue weighted by molar-refractivity contribution is -0.450. The number of rotatable bonds is 8. The smallest absolute Gasteiger partial charge is 0.453 e. The van der Waals surface area contributed by atoms with Crippen LogP contribution in [0.2, 0.25) is 0 Å². The van der Waals surface area contributed by atoms with Crippen molar-refractivity contribution < 1.29 is 37.9 Å². The molecule has 3 N–H and O–H groups in total. The Hall–Kier alpha value is -2.44. The van der Waals surface area contributed by atoms with Gasteiger partial charge in [-0.25, -0.2) is 23.4 Å². The quantitative estimate of drug-likeness (QED) is 0.236. The standard InChI is InChI=1S/C24H32N3O8PS/c1-22(2,3)33-24(34-23(4,5)6,35-36(29,30)31)27-19-15-17(37-16-11-9-8-10-12-16)13-14-18(19)25-20(27)26-21(28)32-7/h8-15H,1-7H3,(H,25,26,28)(H2,29,30,31). The second-order valence-electron chi connectivity index (χ2n) is 9.99. The van der Waals surface area contributed by atoms with Crippen molar-refractivity contribution in [3.8, 4) is 0 Å². The number of ether oxygens (including phenoxy) is 3. The van der Waals surface area contributed by atoms with Crippen LogP contribution in [-0.2, 0) is 29.4 Å². The monoisotopic (exact) mass is 553 g/mol. The highest BCUT2D eigenvalue weighted by Gasteiger charge is 2.51. The fourth-order valence-electron chi connectivity index (χ4n) is 3.36. The molecule has 13 heteroatoms. The molecule has 3 aromatic rings. The number of benzene rings is 2. The number of carbonyl (C=O) groups is 1. The number of hydrogen-bond donors (Lipinski definition) is 3. The summed E-state index contributed by atoms with van der Waals surface area (Å²) in [4.78, 5) is 38.4. The maximum atomic E-state index is 12.3. The van der Waals surface area contributed by atoms with Crippen molar-refractivity contribution in [3.05, 3.63) is 48.5 Å². The second kappa shape index (κ2) is 10.7. The Bertz CT molecular complexity index is 1280. The van der Waals surface area contributed by atoms with E-state index in [2.05, 4.69) is 10.3 Å². The predicted octanol–water partition coefficient (Wildman–Crippen LogP) is 5.67. The molecule has 1 amide bonds. The molecule has 0 fully saturated rings. The highest BCUT2D eigenvalue weighted by atomic mass is 32.2. The number of nitrogens with zero attached hydrogens (tertiary/aromatic N) is 2. The third-order valence-electron chi connectivity index (χ3n) is 4.38. The first-order valence-electron chi connectivity index (χ1n) is 11.3. The van der Waals surface area contributed by atoms with E-state index in [9.17, 15) is 19.1 Å². The summed E-state index contributed by atoms with van der Waals surface area (Å²) in [6.45, 7) is 10.0. The Morgan fingerprint density at radius 3 is 2.08 bits per heavy atom. The van der Waals surface area contributed by atoms with Gasteiger partial charge in [-0.1, -0.05) is 30.0 Å². The predicted molar refractivity (Wildman–Crippen MR) is 139 cm³/mol. The number of carbonyl (C=O) groups excluding carboxylic acids is 1. The van der Waals surface area contributed by atoms with Gasteiger partial charge in [-0.05, 0) is 71.9 Å². The van der Waals surface area contributed by atoms with E-state index in [0.29, 0.717) is 11.0 Å². The molecule has 0 spiro atoms. The molecular formula is C24H32N3O8PS. The van der Waals surface area contributed by atoms with Crippen molar-refractivity contribution in [2.45, 2.75) is 68.6 Å². The first-order valence-corrected chi connectivity index (χ1v) is 13.6. The summed E-state index contributed by atoms with van der Waals surface area (Å²) >= 11 is 1.46. The van der Waals surface area contributed by atoms with Crippen LogP contribution in [0.3, 0.4) is 0 Å². The molecule has 37 heavy (non-hydrogen) atoms. The number of aromatic nitrogens is 2. The molecule has 0 unspecified atom stereocenters. The number of phosphoric ester groups is 1. The molecular weight excluding hydrogens is 521 g/mol. The van der Waals surface area contributed by atoms with Gasteiger partial charge in [0.15, 0.2) is 0 Å². The lowest BCUT2D eigenvalue weighted by Gasteiger charge is -2.42. The minimum atomic E-state index is -5.25. The molecule has 2 aromatic carbocycles. The van der Waals surface area contributed by atoms with Gasteiger partial charge >= 0.3 is 20.0 Å². The average molecular weight is 554 g/mol. The Labute approximate surface area is 219 Å². The third-order valence-corrected chi connectivity index (χ3v) is 5.85. The highest BCUT2D eigenvalue weighted by Crippen LogP contribution is 2.49. The van der Waals surface area contributed by atoms with E-state index in [1.54, 1.807) is 53.7 Å². The fraction of sp³-hybridized carbons (Fsp3) is 0.417. The molecule has 0 aliphatic rings. The molecule has 0 atom stereocenters. The van der Waals surface area contributed by atoms with Gasteiger partial charge in [-0.2, -0.15) is 0 Å². The van der Waals surface area contributed by atoms with Gasteiger partial charge < -0.3 is 24.0 Å². The Balaban J connectivity index is 2.35. The van der Waals surface area contributed by atoms with E-state index in [4.69, 9.17) is 18.7 Å². The van der Waals surface area contributed by atoms with Gasteiger partial charge in [0.05, 0.1) is 29.3 Å². The van der Waals surface area contributed by atoms with Gasteiger partial charge in [0, 0.05) is 9.79 Å². The van der Waals surface area contributed by atoms with Crippen molar-refractivity contribution in [2.75, 3.05) is 12.4 Å². The third kappa shape index (κ3) is 8.02. The SMILES string of the molecule is COC(=O)Nc1nc2ccc(Sc3ccccc3)cc2n1C(OC(C)(C)C)(OC(C)(C)C)OP(=O)(O)O. The number of phosphoric acid groups is 1. The summed E-state index contributed by atoms with van der Waals surface area (Å²) in [5.41, 5.74) is -1.40. The Morgan fingerprint density at radius 1 is 0.973 bits per heavy atom. The van der Waals surface area contributed by atoms with Gasteiger partial charge in [0.25, 0.3) is 0 Å². The lowest BCUT2D eigenvalue weighted by Crippen LogP contribution is -2.50. The van der Waals surface area contributed by atoms with Crippen LogP contribution < -0.4 is 5.32 Å². The van der Waals surface area contributed by atoms with E-state index < -0.39 is 31.2 Å². The molecule has 0 bridgehead atoms. The molecule has 0 saturated heterocycles. The lowest BCUT2D eigenvalue weighted by atomic mass is 10.2. The topological polar surface area (TPSA) is 141 Å². The molecule has 0 aliphatic carbocycles. The first kappa shape index (κ1) is 29.1. The summed E-state index contributed by atoms with van der Waals surface area (Å²) < 4.78 is 35.8. The summed E-state index contributed by atoms with van der Waals surface area (Å²) in [5, 5.41) is 2.47. The van der Waals surface area contributed by atoms with Crippen LogP contribution in [0.1, 0.15) is 41.5 Å². The van der Waals surface area contributed by atoms with Crippen molar-refractivity contribution in [1.82, 2.24) is 9.55 Å².